The van der Waals surface area contributed by atoms with Gasteiger partial charge in [-0.3, -0.25) is 4.79 Å². The Morgan fingerprint density at radius 3 is 2.79 bits per heavy atom. The van der Waals surface area contributed by atoms with Crippen molar-refractivity contribution in [3.63, 3.8) is 0 Å². The maximum Gasteiger partial charge on any atom is 0.222 e. The molecule has 1 aromatic heterocycles. The summed E-state index contributed by atoms with van der Waals surface area (Å²) in [4.78, 5) is 10.8. The number of hydrogen-bond acceptors (Lipinski definition) is 3. The zero-order valence-electron chi connectivity index (χ0n) is 8.50. The lowest BCUT2D eigenvalue weighted by molar-refractivity contribution is -0.128. The number of β-lactam (4-membered cyclic amide) rings is 1. The zero-order valence-corrected chi connectivity index (χ0v) is 8.50. The first kappa shape index (κ1) is 9.05. The molecular formula is C9H13N3O2. The van der Waals surface area contributed by atoms with Gasteiger partial charge in [-0.05, 0) is 6.92 Å². The molecule has 1 aliphatic rings. The first-order valence-electron chi connectivity index (χ1n) is 4.50. The van der Waals surface area contributed by atoms with E-state index < -0.39 is 0 Å². The molecule has 1 fully saturated rings. The number of amides is 1. The van der Waals surface area contributed by atoms with E-state index in [0.29, 0.717) is 6.42 Å². The summed E-state index contributed by atoms with van der Waals surface area (Å²) in [6, 6.07) is 0.0751. The fourth-order valence-electron chi connectivity index (χ4n) is 1.83. The molecule has 0 radical (unpaired) electrons. The summed E-state index contributed by atoms with van der Waals surface area (Å²) in [5.74, 6) is 0.813. The minimum atomic E-state index is 0.0751. The normalized spacial score (nSPS) is 20.2. The lowest BCUT2D eigenvalue weighted by Crippen LogP contribution is -2.41. The zero-order chi connectivity index (χ0) is 10.3. The number of aromatic nitrogens is 2. The van der Waals surface area contributed by atoms with Crippen molar-refractivity contribution in [2.45, 2.75) is 19.4 Å². The summed E-state index contributed by atoms with van der Waals surface area (Å²) < 4.78 is 6.93. The number of nitrogens with one attached hydrogen (secondary N) is 1. The lowest BCUT2D eigenvalue weighted by atomic mass is 9.97. The van der Waals surface area contributed by atoms with Crippen LogP contribution in [0.15, 0.2) is 0 Å². The summed E-state index contributed by atoms with van der Waals surface area (Å²) >= 11 is 0. The van der Waals surface area contributed by atoms with E-state index in [1.165, 1.54) is 0 Å². The van der Waals surface area contributed by atoms with E-state index in [9.17, 15) is 4.79 Å². The predicted molar refractivity (Wildman–Crippen MR) is 50.0 cm³/mol. The topological polar surface area (TPSA) is 56.1 Å². The van der Waals surface area contributed by atoms with Crippen LogP contribution >= 0.6 is 0 Å². The maximum absolute atomic E-state index is 10.8. The predicted octanol–water partition coefficient (Wildman–Crippen LogP) is 0.298. The van der Waals surface area contributed by atoms with Crippen LogP contribution in [0.25, 0.3) is 0 Å². The maximum atomic E-state index is 10.8. The molecule has 1 amide bonds. The van der Waals surface area contributed by atoms with Crippen LogP contribution in [-0.4, -0.2) is 22.8 Å². The van der Waals surface area contributed by atoms with Crippen LogP contribution in [0, 0.1) is 6.92 Å². The van der Waals surface area contributed by atoms with Gasteiger partial charge in [-0.2, -0.15) is 5.10 Å². The second-order valence-electron chi connectivity index (χ2n) is 3.46. The molecule has 14 heavy (non-hydrogen) atoms. The van der Waals surface area contributed by atoms with Crippen LogP contribution < -0.4 is 10.1 Å². The van der Waals surface area contributed by atoms with Crippen molar-refractivity contribution < 1.29 is 9.53 Å². The van der Waals surface area contributed by atoms with E-state index >= 15 is 0 Å². The molecule has 1 saturated heterocycles. The Kier molecular flexibility index (Phi) is 1.94. The molecule has 0 bridgehead atoms. The summed E-state index contributed by atoms with van der Waals surface area (Å²) in [5, 5.41) is 7.07. The van der Waals surface area contributed by atoms with Gasteiger partial charge in [0.15, 0.2) is 0 Å². The van der Waals surface area contributed by atoms with Gasteiger partial charge in [0, 0.05) is 7.05 Å². The fraction of sp³-hybridized carbons (Fsp3) is 0.556. The number of aryl methyl sites for hydroxylation is 2. The standard InChI is InChI=1S/C9H13N3O2/c1-5-8(6-4-7(13)10-6)9(14-3)12(2)11-5/h6H,4H2,1-3H3,(H,10,13). The van der Waals surface area contributed by atoms with Crippen molar-refractivity contribution in [1.82, 2.24) is 15.1 Å². The molecule has 0 aliphatic carbocycles. The second-order valence-corrected chi connectivity index (χ2v) is 3.46. The lowest BCUT2D eigenvalue weighted by Gasteiger charge is -2.27. The minimum absolute atomic E-state index is 0.0751. The van der Waals surface area contributed by atoms with E-state index in [-0.39, 0.29) is 11.9 Å². The summed E-state index contributed by atoms with van der Waals surface area (Å²) in [5.41, 5.74) is 1.91. The highest BCUT2D eigenvalue weighted by atomic mass is 16.5. The van der Waals surface area contributed by atoms with Gasteiger partial charge in [-0.1, -0.05) is 0 Å². The fourth-order valence-corrected chi connectivity index (χ4v) is 1.83. The van der Waals surface area contributed by atoms with Gasteiger partial charge in [-0.25, -0.2) is 4.68 Å². The molecule has 0 aromatic carbocycles. The molecule has 2 heterocycles. The number of ether oxygens (including phenoxy) is 1. The SMILES string of the molecule is COc1c(C2CC(=O)N2)c(C)nn1C. The Labute approximate surface area is 82.0 Å². The van der Waals surface area contributed by atoms with Crippen molar-refractivity contribution in [2.75, 3.05) is 7.11 Å². The Morgan fingerprint density at radius 1 is 1.64 bits per heavy atom. The quantitative estimate of drug-likeness (QED) is 0.690. The first-order chi connectivity index (χ1) is 6.63. The van der Waals surface area contributed by atoms with Crippen LogP contribution in [0.2, 0.25) is 0 Å². The number of carbonyl (C=O) groups excluding carboxylic acids is 1. The van der Waals surface area contributed by atoms with Gasteiger partial charge in [0.05, 0.1) is 30.8 Å². The van der Waals surface area contributed by atoms with Crippen LogP contribution in [0.4, 0.5) is 0 Å². The molecule has 1 aliphatic heterocycles. The molecule has 1 atom stereocenters. The van der Waals surface area contributed by atoms with E-state index in [1.54, 1.807) is 11.8 Å². The van der Waals surface area contributed by atoms with Crippen LogP contribution in [0.1, 0.15) is 23.7 Å². The molecule has 0 spiro atoms. The first-order valence-corrected chi connectivity index (χ1v) is 4.50. The minimum Gasteiger partial charge on any atom is -0.481 e. The van der Waals surface area contributed by atoms with Gasteiger partial charge in [0.25, 0.3) is 0 Å². The monoisotopic (exact) mass is 195 g/mol. The van der Waals surface area contributed by atoms with E-state index in [1.807, 2.05) is 14.0 Å². The Bertz CT molecular complexity index is 376. The van der Waals surface area contributed by atoms with Crippen molar-refractivity contribution in [1.29, 1.82) is 0 Å². The van der Waals surface area contributed by atoms with Crippen LogP contribution in [-0.2, 0) is 11.8 Å². The van der Waals surface area contributed by atoms with Crippen molar-refractivity contribution in [2.24, 2.45) is 7.05 Å². The smallest absolute Gasteiger partial charge is 0.222 e. The van der Waals surface area contributed by atoms with Gasteiger partial charge >= 0.3 is 0 Å². The number of carbonyl (C=O) groups is 1. The Morgan fingerprint density at radius 2 is 2.29 bits per heavy atom. The highest BCUT2D eigenvalue weighted by molar-refractivity contribution is 5.83. The molecule has 0 saturated carbocycles. The van der Waals surface area contributed by atoms with Crippen molar-refractivity contribution in [3.05, 3.63) is 11.3 Å². The molecule has 2 rings (SSSR count). The number of methoxy groups -OCH3 is 1. The molecular weight excluding hydrogens is 182 g/mol. The number of nitrogens with zero attached hydrogens (tertiary/aromatic N) is 2. The molecule has 1 N–H and O–H groups in total. The average molecular weight is 195 g/mol. The highest BCUT2D eigenvalue weighted by Crippen LogP contribution is 2.33. The van der Waals surface area contributed by atoms with Crippen LogP contribution in [0.5, 0.6) is 5.88 Å². The molecule has 1 unspecified atom stereocenters. The Hall–Kier alpha value is -1.52. The highest BCUT2D eigenvalue weighted by Gasteiger charge is 2.32. The van der Waals surface area contributed by atoms with Gasteiger partial charge in [0.1, 0.15) is 0 Å². The van der Waals surface area contributed by atoms with Crippen molar-refractivity contribution in [3.8, 4) is 5.88 Å². The average Bonchev–Trinajstić information content (AvgIpc) is 2.35. The molecule has 76 valence electrons. The molecule has 1 aromatic rings. The third-order valence-electron chi connectivity index (χ3n) is 2.48. The van der Waals surface area contributed by atoms with Gasteiger partial charge in [-0.15, -0.1) is 0 Å². The van der Waals surface area contributed by atoms with Crippen LogP contribution in [0.3, 0.4) is 0 Å². The molecule has 5 nitrogen and oxygen atoms in total. The largest absolute Gasteiger partial charge is 0.481 e. The number of hydrogen-bond donors (Lipinski definition) is 1. The van der Waals surface area contributed by atoms with E-state index in [4.69, 9.17) is 4.74 Å². The van der Waals surface area contributed by atoms with Crippen molar-refractivity contribution >= 4 is 5.91 Å². The van der Waals surface area contributed by atoms with E-state index in [0.717, 1.165) is 17.1 Å². The molecule has 5 heteroatoms. The summed E-state index contributed by atoms with van der Waals surface area (Å²) in [7, 11) is 3.44. The van der Waals surface area contributed by atoms with E-state index in [2.05, 4.69) is 10.4 Å². The Balaban J connectivity index is 2.36. The van der Waals surface area contributed by atoms with Gasteiger partial charge < -0.3 is 10.1 Å². The third-order valence-corrected chi connectivity index (χ3v) is 2.48. The summed E-state index contributed by atoms with van der Waals surface area (Å²) in [6.07, 6.45) is 0.531. The second kappa shape index (κ2) is 3.01. The van der Waals surface area contributed by atoms with Gasteiger partial charge in [0.2, 0.25) is 11.8 Å². The summed E-state index contributed by atoms with van der Waals surface area (Å²) in [6.45, 7) is 1.92. The third kappa shape index (κ3) is 1.16. The number of rotatable bonds is 2.